The zero-order valence-corrected chi connectivity index (χ0v) is 3.32. The SMILES string of the molecule is [2H]C1([2H])OC(=O)C([2H])([2H])C([2H])([2H])C1([2H])[2H]. The molecule has 0 bridgehead atoms. The summed E-state index contributed by atoms with van der Waals surface area (Å²) in [7, 11) is 0. The van der Waals surface area contributed by atoms with Crippen molar-refractivity contribution in [2.75, 3.05) is 6.56 Å². The summed E-state index contributed by atoms with van der Waals surface area (Å²) in [5.41, 5.74) is 0. The summed E-state index contributed by atoms with van der Waals surface area (Å²) in [4.78, 5) is 11.0. The lowest BCUT2D eigenvalue weighted by Crippen LogP contribution is -2.10. The first kappa shape index (κ1) is 0.925. The van der Waals surface area contributed by atoms with E-state index < -0.39 is 31.6 Å². The van der Waals surface area contributed by atoms with Crippen LogP contribution in [-0.2, 0) is 9.53 Å². The van der Waals surface area contributed by atoms with Crippen LogP contribution >= 0.6 is 0 Å². The molecule has 0 atom stereocenters. The van der Waals surface area contributed by atoms with Crippen molar-refractivity contribution < 1.29 is 20.5 Å². The number of rotatable bonds is 0. The molecule has 1 saturated heterocycles. The van der Waals surface area contributed by atoms with Gasteiger partial charge in [-0.2, -0.15) is 0 Å². The largest absolute Gasteiger partial charge is 0.466 e. The van der Waals surface area contributed by atoms with Crippen LogP contribution in [-0.4, -0.2) is 12.5 Å². The van der Waals surface area contributed by atoms with E-state index in [1.807, 2.05) is 0 Å². The number of hydrogen-bond donors (Lipinski definition) is 0. The number of esters is 1. The van der Waals surface area contributed by atoms with Crippen molar-refractivity contribution in [2.24, 2.45) is 0 Å². The zero-order chi connectivity index (χ0) is 12.3. The van der Waals surface area contributed by atoms with Crippen molar-refractivity contribution >= 4 is 5.97 Å². The Hall–Kier alpha value is -0.530. The van der Waals surface area contributed by atoms with E-state index in [0.29, 0.717) is 0 Å². The standard InChI is InChI=1S/C5H8O2/c6-5-3-1-2-4-7-5/h1-4H2/i1D2,2D2,3D2,4D2. The van der Waals surface area contributed by atoms with Gasteiger partial charge in [-0.15, -0.1) is 0 Å². The predicted octanol–water partition coefficient (Wildman–Crippen LogP) is 0.714. The minimum Gasteiger partial charge on any atom is -0.466 e. The quantitative estimate of drug-likeness (QED) is 0.427. The highest BCUT2D eigenvalue weighted by Crippen LogP contribution is 2.04. The fourth-order valence-electron chi connectivity index (χ4n) is 0.205. The molecule has 0 amide bonds. The lowest BCUT2D eigenvalue weighted by Gasteiger charge is -2.08. The number of carbonyl (C=O) groups excluding carboxylic acids is 1. The van der Waals surface area contributed by atoms with Crippen LogP contribution in [0.2, 0.25) is 0 Å². The Morgan fingerprint density at radius 1 is 1.71 bits per heavy atom. The van der Waals surface area contributed by atoms with Gasteiger partial charge < -0.3 is 4.74 Å². The summed E-state index contributed by atoms with van der Waals surface area (Å²) in [6.45, 7) is -3.20. The van der Waals surface area contributed by atoms with Crippen LogP contribution < -0.4 is 0 Å². The molecule has 1 rings (SSSR count). The van der Waals surface area contributed by atoms with Crippen LogP contribution in [0.4, 0.5) is 0 Å². The first-order chi connectivity index (χ1) is 6.38. The van der Waals surface area contributed by atoms with E-state index in [9.17, 15) is 4.79 Å². The van der Waals surface area contributed by atoms with Gasteiger partial charge in [0.25, 0.3) is 0 Å². The second kappa shape index (κ2) is 1.96. The number of cyclic esters (lactones) is 1. The third-order valence-corrected chi connectivity index (χ3v) is 0.422. The van der Waals surface area contributed by atoms with Crippen molar-refractivity contribution in [3.8, 4) is 0 Å². The van der Waals surface area contributed by atoms with E-state index in [1.165, 1.54) is 0 Å². The van der Waals surface area contributed by atoms with E-state index in [2.05, 4.69) is 4.74 Å². The molecule has 1 aliphatic heterocycles. The van der Waals surface area contributed by atoms with Gasteiger partial charge in [0.05, 0.1) is 9.30 Å². The number of carbonyl (C=O) groups is 1. The number of ether oxygens (including phenoxy) is 1. The summed E-state index contributed by atoms with van der Waals surface area (Å²) >= 11 is 0. The molecule has 1 heterocycles. The van der Waals surface area contributed by atoms with E-state index in [-0.39, 0.29) is 0 Å². The van der Waals surface area contributed by atoms with Gasteiger partial charge in [0.2, 0.25) is 0 Å². The summed E-state index contributed by atoms with van der Waals surface area (Å²) in [6.07, 6.45) is -9.79. The Balaban J connectivity index is 3.36. The van der Waals surface area contributed by atoms with Crippen LogP contribution in [0.5, 0.6) is 0 Å². The van der Waals surface area contributed by atoms with Crippen molar-refractivity contribution in [3.05, 3.63) is 0 Å². The molecule has 7 heavy (non-hydrogen) atoms. The van der Waals surface area contributed by atoms with E-state index >= 15 is 0 Å². The second-order valence-corrected chi connectivity index (χ2v) is 0.867. The molecule has 0 aromatic carbocycles. The topological polar surface area (TPSA) is 26.3 Å². The molecule has 0 radical (unpaired) electrons. The van der Waals surface area contributed by atoms with Crippen molar-refractivity contribution in [1.82, 2.24) is 0 Å². The van der Waals surface area contributed by atoms with Crippen LogP contribution in [0.25, 0.3) is 0 Å². The van der Waals surface area contributed by atoms with Crippen molar-refractivity contribution in [2.45, 2.75) is 19.1 Å². The van der Waals surface area contributed by atoms with Gasteiger partial charge in [-0.1, -0.05) is 0 Å². The Morgan fingerprint density at radius 3 is 3.43 bits per heavy atom. The van der Waals surface area contributed by atoms with Gasteiger partial charge in [-0.05, 0) is 12.7 Å². The summed E-state index contributed by atoms with van der Waals surface area (Å²) < 4.78 is 60.9. The normalized spacial score (nSPS) is 67.1. The molecule has 0 aromatic heterocycles. The third-order valence-electron chi connectivity index (χ3n) is 0.422. The molecule has 2 heteroatoms. The van der Waals surface area contributed by atoms with E-state index in [4.69, 9.17) is 11.0 Å². The molecule has 40 valence electrons. The van der Waals surface area contributed by atoms with Crippen LogP contribution in [0.3, 0.4) is 0 Å². The first-order valence-corrected chi connectivity index (χ1v) is 1.61. The van der Waals surface area contributed by atoms with E-state index in [0.717, 1.165) is 0 Å². The highest BCUT2D eigenvalue weighted by molar-refractivity contribution is 5.69. The van der Waals surface area contributed by atoms with Crippen LogP contribution in [0.1, 0.15) is 30.1 Å². The average molecular weight is 108 g/mol. The van der Waals surface area contributed by atoms with Gasteiger partial charge in [0.15, 0.2) is 0 Å². The van der Waals surface area contributed by atoms with Gasteiger partial charge >= 0.3 is 5.97 Å². The zero-order valence-electron chi connectivity index (χ0n) is 11.3. The Morgan fingerprint density at radius 2 is 2.57 bits per heavy atom. The van der Waals surface area contributed by atoms with Gasteiger partial charge in [-0.3, -0.25) is 4.79 Å². The molecular formula is C5H8O2. The fraction of sp³-hybridized carbons (Fsp3) is 0.800. The maximum atomic E-state index is 11.0. The average Bonchev–Trinajstić information content (AvgIpc) is 2.00. The minimum atomic E-state index is -3.31. The Bertz CT molecular complexity index is 308. The molecular weight excluding hydrogens is 92.1 g/mol. The molecule has 1 aliphatic rings. The predicted molar refractivity (Wildman–Crippen MR) is 24.8 cm³/mol. The minimum absolute atomic E-state index is 1.74. The maximum Gasteiger partial charge on any atom is 0.305 e. The molecule has 0 saturated carbocycles. The monoisotopic (exact) mass is 108 g/mol. The summed E-state index contributed by atoms with van der Waals surface area (Å²) in [6, 6.07) is 0. The van der Waals surface area contributed by atoms with Crippen LogP contribution in [0.15, 0.2) is 0 Å². The smallest absolute Gasteiger partial charge is 0.305 e. The van der Waals surface area contributed by atoms with Gasteiger partial charge in [0.1, 0.15) is 0 Å². The Kier molecular flexibility index (Phi) is 0.259. The summed E-state index contributed by atoms with van der Waals surface area (Å²) in [5.74, 6) is -1.74. The van der Waals surface area contributed by atoms with Crippen molar-refractivity contribution in [1.29, 1.82) is 0 Å². The Labute approximate surface area is 53.7 Å². The van der Waals surface area contributed by atoms with Crippen LogP contribution in [0, 0.1) is 0 Å². The highest BCUT2D eigenvalue weighted by atomic mass is 16.5. The van der Waals surface area contributed by atoms with E-state index in [1.54, 1.807) is 0 Å². The van der Waals surface area contributed by atoms with Gasteiger partial charge in [0, 0.05) is 14.6 Å². The molecule has 2 nitrogen and oxygen atoms in total. The fourth-order valence-corrected chi connectivity index (χ4v) is 0.205. The molecule has 1 fully saturated rings. The lowest BCUT2D eigenvalue weighted by molar-refractivity contribution is -0.146. The molecule has 0 N–H and O–H groups in total. The van der Waals surface area contributed by atoms with Gasteiger partial charge in [-0.25, -0.2) is 0 Å². The first-order valence-electron chi connectivity index (χ1n) is 5.61. The second-order valence-electron chi connectivity index (χ2n) is 0.867. The number of hydrogen-bond acceptors (Lipinski definition) is 2. The third kappa shape index (κ3) is 1.18. The molecule has 0 aliphatic carbocycles. The molecule has 0 spiro atoms. The van der Waals surface area contributed by atoms with Crippen molar-refractivity contribution in [3.63, 3.8) is 0 Å². The maximum absolute atomic E-state index is 11.0. The lowest BCUT2D eigenvalue weighted by atomic mass is 10.2. The highest BCUT2D eigenvalue weighted by Gasteiger charge is 2.06. The molecule has 0 unspecified atom stereocenters. The molecule has 0 aromatic rings. The summed E-state index contributed by atoms with van der Waals surface area (Å²) in [5, 5.41) is 0.